The van der Waals surface area contributed by atoms with Crippen LogP contribution in [-0.2, 0) is 4.79 Å². The average Bonchev–Trinajstić information content (AvgIpc) is 2.44. The van der Waals surface area contributed by atoms with Crippen molar-refractivity contribution in [2.75, 3.05) is 11.9 Å². The van der Waals surface area contributed by atoms with Crippen molar-refractivity contribution in [1.29, 1.82) is 5.26 Å². The van der Waals surface area contributed by atoms with Crippen LogP contribution in [0.25, 0.3) is 0 Å². The first-order valence-corrected chi connectivity index (χ1v) is 7.18. The molecule has 112 valence electrons. The van der Waals surface area contributed by atoms with Crippen LogP contribution in [0.5, 0.6) is 0 Å². The third kappa shape index (κ3) is 6.27. The van der Waals surface area contributed by atoms with Crippen LogP contribution in [-0.4, -0.2) is 23.7 Å². The number of urea groups is 1. The van der Waals surface area contributed by atoms with Crippen molar-refractivity contribution in [3.05, 3.63) is 28.2 Å². The number of hydrogen-bond acceptors (Lipinski definition) is 3. The molecule has 0 saturated heterocycles. The van der Waals surface area contributed by atoms with Crippen molar-refractivity contribution >= 4 is 33.6 Å². The monoisotopic (exact) mass is 353 g/mol. The number of nitrogens with zero attached hydrogens (tertiary/aromatic N) is 1. The van der Waals surface area contributed by atoms with E-state index in [4.69, 9.17) is 10.4 Å². The molecule has 0 heterocycles. The van der Waals surface area contributed by atoms with Gasteiger partial charge in [0.05, 0.1) is 11.3 Å². The Balaban J connectivity index is 2.47. The van der Waals surface area contributed by atoms with Gasteiger partial charge in [-0.2, -0.15) is 5.26 Å². The molecule has 0 aliphatic rings. The molecule has 1 rings (SSSR count). The van der Waals surface area contributed by atoms with Crippen LogP contribution in [0.4, 0.5) is 10.5 Å². The van der Waals surface area contributed by atoms with Gasteiger partial charge in [0.2, 0.25) is 0 Å². The number of nitriles is 1. The SMILES string of the molecule is CC(CCC(=O)O)CNC(=O)Nc1ccc(Br)cc1C#N. The Kier molecular flexibility index (Phi) is 6.69. The fourth-order valence-corrected chi connectivity index (χ4v) is 1.98. The minimum absolute atomic E-state index is 0.0622. The van der Waals surface area contributed by atoms with E-state index in [1.54, 1.807) is 18.2 Å². The van der Waals surface area contributed by atoms with Gasteiger partial charge in [0, 0.05) is 17.4 Å². The average molecular weight is 354 g/mol. The number of amides is 2. The molecule has 0 aliphatic carbocycles. The Morgan fingerprint density at radius 2 is 2.19 bits per heavy atom. The maximum atomic E-state index is 11.7. The number of carbonyl (C=O) groups excluding carboxylic acids is 1. The first-order valence-electron chi connectivity index (χ1n) is 6.38. The van der Waals surface area contributed by atoms with Crippen LogP contribution >= 0.6 is 15.9 Å². The number of benzene rings is 1. The highest BCUT2D eigenvalue weighted by atomic mass is 79.9. The molecular weight excluding hydrogens is 338 g/mol. The van der Waals surface area contributed by atoms with Crippen LogP contribution in [0.3, 0.4) is 0 Å². The Morgan fingerprint density at radius 1 is 1.48 bits per heavy atom. The van der Waals surface area contributed by atoms with Crippen molar-refractivity contribution in [3.63, 3.8) is 0 Å². The molecule has 6 nitrogen and oxygen atoms in total. The summed E-state index contributed by atoms with van der Waals surface area (Å²) in [6.07, 6.45) is 0.576. The van der Waals surface area contributed by atoms with Gasteiger partial charge in [0.15, 0.2) is 0 Å². The lowest BCUT2D eigenvalue weighted by atomic mass is 10.1. The molecular formula is C14H16BrN3O3. The molecule has 1 unspecified atom stereocenters. The first kappa shape index (κ1) is 17.0. The molecule has 1 aromatic rings. The smallest absolute Gasteiger partial charge is 0.319 e. The van der Waals surface area contributed by atoms with E-state index < -0.39 is 12.0 Å². The van der Waals surface area contributed by atoms with E-state index in [0.717, 1.165) is 4.47 Å². The molecule has 0 saturated carbocycles. The maximum Gasteiger partial charge on any atom is 0.319 e. The molecule has 1 atom stereocenters. The molecule has 2 amide bonds. The quantitative estimate of drug-likeness (QED) is 0.731. The van der Waals surface area contributed by atoms with Crippen molar-refractivity contribution in [2.45, 2.75) is 19.8 Å². The second kappa shape index (κ2) is 8.27. The number of hydrogen-bond donors (Lipinski definition) is 3. The van der Waals surface area contributed by atoms with Gasteiger partial charge in [-0.15, -0.1) is 0 Å². The van der Waals surface area contributed by atoms with Crippen molar-refractivity contribution in [1.82, 2.24) is 5.32 Å². The molecule has 0 fully saturated rings. The standard InChI is InChI=1S/C14H16BrN3O3/c1-9(2-5-13(19)20)8-17-14(21)18-12-4-3-11(15)6-10(12)7-16/h3-4,6,9H,2,5,8H2,1H3,(H,19,20)(H2,17,18,21). The lowest BCUT2D eigenvalue weighted by Crippen LogP contribution is -2.32. The van der Waals surface area contributed by atoms with Gasteiger partial charge in [-0.05, 0) is 30.5 Å². The van der Waals surface area contributed by atoms with Gasteiger partial charge in [-0.1, -0.05) is 22.9 Å². The zero-order valence-corrected chi connectivity index (χ0v) is 13.1. The summed E-state index contributed by atoms with van der Waals surface area (Å²) in [5, 5.41) is 22.8. The Morgan fingerprint density at radius 3 is 2.81 bits per heavy atom. The third-order valence-corrected chi connectivity index (χ3v) is 3.31. The highest BCUT2D eigenvalue weighted by molar-refractivity contribution is 9.10. The third-order valence-electron chi connectivity index (χ3n) is 2.81. The molecule has 0 aliphatic heterocycles. The summed E-state index contributed by atoms with van der Waals surface area (Å²) in [5.41, 5.74) is 0.787. The summed E-state index contributed by atoms with van der Waals surface area (Å²) >= 11 is 3.25. The summed E-state index contributed by atoms with van der Waals surface area (Å²) in [5.74, 6) is -0.785. The van der Waals surface area contributed by atoms with Crippen LogP contribution < -0.4 is 10.6 Å². The Labute approximate surface area is 131 Å². The summed E-state index contributed by atoms with van der Waals surface area (Å²) in [6.45, 7) is 2.24. The molecule has 7 heteroatoms. The number of carbonyl (C=O) groups is 2. The van der Waals surface area contributed by atoms with Gasteiger partial charge in [0.25, 0.3) is 0 Å². The number of anilines is 1. The Hall–Kier alpha value is -2.07. The number of carboxylic acid groups (broad SMARTS) is 1. The second-order valence-electron chi connectivity index (χ2n) is 4.67. The summed E-state index contributed by atoms with van der Waals surface area (Å²) in [6, 6.07) is 6.56. The zero-order chi connectivity index (χ0) is 15.8. The van der Waals surface area contributed by atoms with E-state index in [2.05, 4.69) is 26.6 Å². The van der Waals surface area contributed by atoms with Crippen LogP contribution in [0.15, 0.2) is 22.7 Å². The predicted octanol–water partition coefficient (Wildman–Crippen LogP) is 2.94. The largest absolute Gasteiger partial charge is 0.481 e. The van der Waals surface area contributed by atoms with Gasteiger partial charge in [0.1, 0.15) is 6.07 Å². The number of nitrogens with one attached hydrogen (secondary N) is 2. The van der Waals surface area contributed by atoms with Crippen LogP contribution in [0.1, 0.15) is 25.3 Å². The van der Waals surface area contributed by atoms with E-state index in [9.17, 15) is 9.59 Å². The summed E-state index contributed by atoms with van der Waals surface area (Å²) in [7, 11) is 0. The zero-order valence-electron chi connectivity index (χ0n) is 11.5. The normalized spacial score (nSPS) is 11.3. The van der Waals surface area contributed by atoms with Gasteiger partial charge in [-0.3, -0.25) is 4.79 Å². The van der Waals surface area contributed by atoms with Crippen molar-refractivity contribution < 1.29 is 14.7 Å². The van der Waals surface area contributed by atoms with E-state index >= 15 is 0 Å². The van der Waals surface area contributed by atoms with Crippen LogP contribution in [0, 0.1) is 17.2 Å². The van der Waals surface area contributed by atoms with E-state index in [1.807, 2.05) is 13.0 Å². The summed E-state index contributed by atoms with van der Waals surface area (Å²) < 4.78 is 0.757. The molecule has 0 bridgehead atoms. The predicted molar refractivity (Wildman–Crippen MR) is 81.9 cm³/mol. The number of halogens is 1. The van der Waals surface area contributed by atoms with Gasteiger partial charge < -0.3 is 15.7 Å². The van der Waals surface area contributed by atoms with E-state index in [-0.39, 0.29) is 12.3 Å². The molecule has 0 spiro atoms. The van der Waals surface area contributed by atoms with Gasteiger partial charge >= 0.3 is 12.0 Å². The highest BCUT2D eigenvalue weighted by Crippen LogP contribution is 2.20. The van der Waals surface area contributed by atoms with E-state index in [0.29, 0.717) is 24.2 Å². The molecule has 3 N–H and O–H groups in total. The first-order chi connectivity index (χ1) is 9.92. The maximum absolute atomic E-state index is 11.7. The lowest BCUT2D eigenvalue weighted by molar-refractivity contribution is -0.137. The highest BCUT2D eigenvalue weighted by Gasteiger charge is 2.10. The lowest BCUT2D eigenvalue weighted by Gasteiger charge is -2.13. The molecule has 0 aromatic heterocycles. The number of rotatable bonds is 6. The fourth-order valence-electron chi connectivity index (χ4n) is 1.62. The minimum Gasteiger partial charge on any atom is -0.481 e. The number of carboxylic acids is 1. The minimum atomic E-state index is -0.847. The summed E-state index contributed by atoms with van der Waals surface area (Å²) in [4.78, 5) is 22.2. The van der Waals surface area contributed by atoms with E-state index in [1.165, 1.54) is 0 Å². The molecule has 1 aromatic carbocycles. The van der Waals surface area contributed by atoms with Gasteiger partial charge in [-0.25, -0.2) is 4.79 Å². The fraction of sp³-hybridized carbons (Fsp3) is 0.357. The second-order valence-corrected chi connectivity index (χ2v) is 5.59. The van der Waals surface area contributed by atoms with Crippen molar-refractivity contribution in [3.8, 4) is 6.07 Å². The van der Waals surface area contributed by atoms with Crippen LogP contribution in [0.2, 0.25) is 0 Å². The number of aliphatic carboxylic acids is 1. The molecule has 0 radical (unpaired) electrons. The molecule has 21 heavy (non-hydrogen) atoms. The topological polar surface area (TPSA) is 102 Å². The Bertz CT molecular complexity index is 569. The van der Waals surface area contributed by atoms with Crippen molar-refractivity contribution in [2.24, 2.45) is 5.92 Å².